The molecule has 8 heteroatoms. The number of carbonyl (C=O) groups is 1. The lowest BCUT2D eigenvalue weighted by Crippen LogP contribution is -2.01. The molecule has 0 atom stereocenters. The second-order valence-corrected chi connectivity index (χ2v) is 4.18. The fraction of sp³-hybridized carbons (Fsp3) is 0.111. The van der Waals surface area contributed by atoms with Crippen molar-refractivity contribution in [3.8, 4) is 0 Å². The molecule has 17 heavy (non-hydrogen) atoms. The summed E-state index contributed by atoms with van der Waals surface area (Å²) in [4.78, 5) is 18.8. The second-order valence-electron chi connectivity index (χ2n) is 3.23. The minimum Gasteiger partial charge on any atom is -0.478 e. The van der Waals surface area contributed by atoms with Gasteiger partial charge in [-0.2, -0.15) is 0 Å². The van der Waals surface area contributed by atoms with Crippen molar-refractivity contribution in [2.75, 3.05) is 5.73 Å². The zero-order chi connectivity index (χ0) is 12.4. The molecule has 2 aromatic heterocycles. The van der Waals surface area contributed by atoms with Gasteiger partial charge < -0.3 is 10.8 Å². The predicted molar refractivity (Wildman–Crippen MR) is 60.9 cm³/mol. The zero-order valence-electron chi connectivity index (χ0n) is 8.84. The van der Waals surface area contributed by atoms with Crippen molar-refractivity contribution in [1.29, 1.82) is 0 Å². The number of carboxylic acids is 1. The Hall–Kier alpha value is -2.09. The normalized spacial score (nSPS) is 10.4. The molecule has 4 N–H and O–H groups in total. The molecule has 0 saturated carbocycles. The van der Waals surface area contributed by atoms with Gasteiger partial charge in [-0.1, -0.05) is 0 Å². The fourth-order valence-electron chi connectivity index (χ4n) is 1.13. The summed E-state index contributed by atoms with van der Waals surface area (Å²) in [7, 11) is 0. The molecule has 0 unspecified atom stereocenters. The van der Waals surface area contributed by atoms with E-state index >= 15 is 0 Å². The van der Waals surface area contributed by atoms with Crippen molar-refractivity contribution >= 4 is 23.4 Å². The van der Waals surface area contributed by atoms with Gasteiger partial charge in [-0.15, -0.1) is 5.10 Å². The molecule has 0 saturated heterocycles. The number of nitrogen functional groups attached to an aromatic ring is 1. The van der Waals surface area contributed by atoms with Crippen LogP contribution in [0.1, 0.15) is 16.2 Å². The van der Waals surface area contributed by atoms with Gasteiger partial charge in [-0.05, 0) is 24.8 Å². The maximum Gasteiger partial charge on any atom is 0.337 e. The van der Waals surface area contributed by atoms with E-state index in [0.29, 0.717) is 16.0 Å². The number of H-pyrrole nitrogens is 1. The maximum atomic E-state index is 10.7. The molecule has 0 aliphatic rings. The lowest BCUT2D eigenvalue weighted by Gasteiger charge is -2.02. The van der Waals surface area contributed by atoms with Crippen LogP contribution in [-0.4, -0.2) is 31.2 Å². The van der Waals surface area contributed by atoms with Crippen LogP contribution in [0.15, 0.2) is 22.4 Å². The minimum absolute atomic E-state index is 0.0537. The van der Waals surface area contributed by atoms with E-state index in [1.807, 2.05) is 0 Å². The third-order valence-electron chi connectivity index (χ3n) is 1.89. The number of hydrogen-bond donors (Lipinski definition) is 3. The third kappa shape index (κ3) is 2.53. The van der Waals surface area contributed by atoms with Crippen molar-refractivity contribution < 1.29 is 9.90 Å². The Morgan fingerprint density at radius 1 is 1.59 bits per heavy atom. The van der Waals surface area contributed by atoms with E-state index in [-0.39, 0.29) is 11.3 Å². The highest BCUT2D eigenvalue weighted by Crippen LogP contribution is 2.27. The highest BCUT2D eigenvalue weighted by molar-refractivity contribution is 7.99. The van der Waals surface area contributed by atoms with E-state index in [4.69, 9.17) is 10.8 Å². The molecule has 2 heterocycles. The van der Waals surface area contributed by atoms with Gasteiger partial charge in [0.05, 0.1) is 11.3 Å². The molecule has 0 aliphatic carbocycles. The smallest absolute Gasteiger partial charge is 0.337 e. The largest absolute Gasteiger partial charge is 0.478 e. The second kappa shape index (κ2) is 4.42. The number of aromatic amines is 1. The topological polar surface area (TPSA) is 118 Å². The van der Waals surface area contributed by atoms with Gasteiger partial charge in [0.15, 0.2) is 0 Å². The Bertz CT molecular complexity index is 568. The quantitative estimate of drug-likeness (QED) is 0.742. The van der Waals surface area contributed by atoms with E-state index in [0.717, 1.165) is 0 Å². The molecule has 0 bridgehead atoms. The van der Waals surface area contributed by atoms with Gasteiger partial charge in [0.1, 0.15) is 10.9 Å². The summed E-state index contributed by atoms with van der Waals surface area (Å²) in [5, 5.41) is 16.4. The summed E-state index contributed by atoms with van der Waals surface area (Å²) in [6.45, 7) is 1.78. The number of carboxylic acid groups (broad SMARTS) is 1. The SMILES string of the molecule is Cc1nc(Sc2ncc(C(=O)O)cc2N)n[nH]1. The van der Waals surface area contributed by atoms with Crippen LogP contribution < -0.4 is 5.73 Å². The van der Waals surface area contributed by atoms with Crippen LogP contribution >= 0.6 is 11.8 Å². The average Bonchev–Trinajstić information content (AvgIpc) is 2.67. The van der Waals surface area contributed by atoms with Crippen molar-refractivity contribution in [3.05, 3.63) is 23.7 Å². The number of nitrogens with one attached hydrogen (secondary N) is 1. The van der Waals surface area contributed by atoms with Gasteiger partial charge in [0.2, 0.25) is 5.16 Å². The standard InChI is InChI=1S/C9H9N5O2S/c1-4-12-9(14-13-4)17-7-6(10)2-5(3-11-7)8(15)16/h2-3H,10H2,1H3,(H,15,16)(H,12,13,14). The summed E-state index contributed by atoms with van der Waals surface area (Å²) >= 11 is 1.17. The molecule has 0 fully saturated rings. The van der Waals surface area contributed by atoms with Crippen molar-refractivity contribution in [2.24, 2.45) is 0 Å². The molecule has 7 nitrogen and oxygen atoms in total. The lowest BCUT2D eigenvalue weighted by atomic mass is 10.3. The highest BCUT2D eigenvalue weighted by atomic mass is 32.2. The third-order valence-corrected chi connectivity index (χ3v) is 2.79. The first kappa shape index (κ1) is 11.4. The Morgan fingerprint density at radius 2 is 2.35 bits per heavy atom. The molecule has 2 aromatic rings. The highest BCUT2D eigenvalue weighted by Gasteiger charge is 2.11. The molecular weight excluding hydrogens is 242 g/mol. The van der Waals surface area contributed by atoms with Gasteiger partial charge in [-0.3, -0.25) is 5.10 Å². The average molecular weight is 251 g/mol. The monoisotopic (exact) mass is 251 g/mol. The molecular formula is C9H9N5O2S. The number of pyridine rings is 1. The number of rotatable bonds is 3. The first-order chi connectivity index (χ1) is 8.06. The molecule has 2 rings (SSSR count). The van der Waals surface area contributed by atoms with Gasteiger partial charge >= 0.3 is 5.97 Å². The first-order valence-corrected chi connectivity index (χ1v) is 5.43. The molecule has 0 aliphatic heterocycles. The molecule has 0 aromatic carbocycles. The number of anilines is 1. The summed E-state index contributed by atoms with van der Waals surface area (Å²) < 4.78 is 0. The summed E-state index contributed by atoms with van der Waals surface area (Å²) in [6, 6.07) is 1.36. The van der Waals surface area contributed by atoms with Crippen molar-refractivity contribution in [1.82, 2.24) is 20.2 Å². The maximum absolute atomic E-state index is 10.7. The van der Waals surface area contributed by atoms with E-state index in [1.165, 1.54) is 24.0 Å². The van der Waals surface area contributed by atoms with E-state index in [1.54, 1.807) is 6.92 Å². The van der Waals surface area contributed by atoms with Gasteiger partial charge in [0.25, 0.3) is 0 Å². The van der Waals surface area contributed by atoms with E-state index in [2.05, 4.69) is 20.2 Å². The Kier molecular flexibility index (Phi) is 2.96. The minimum atomic E-state index is -1.06. The van der Waals surface area contributed by atoms with Crippen LogP contribution in [0, 0.1) is 6.92 Å². The van der Waals surface area contributed by atoms with Crippen LogP contribution in [0.5, 0.6) is 0 Å². The molecule has 0 spiro atoms. The lowest BCUT2D eigenvalue weighted by molar-refractivity contribution is 0.0696. The van der Waals surface area contributed by atoms with Crippen LogP contribution in [0.2, 0.25) is 0 Å². The predicted octanol–water partition coefficient (Wildman–Crippen LogP) is 0.940. The van der Waals surface area contributed by atoms with Crippen LogP contribution in [0.25, 0.3) is 0 Å². The van der Waals surface area contributed by atoms with E-state index in [9.17, 15) is 4.79 Å². The molecule has 88 valence electrons. The summed E-state index contributed by atoms with van der Waals surface area (Å²) in [5.74, 6) is -0.372. The summed E-state index contributed by atoms with van der Waals surface area (Å²) in [5.41, 5.74) is 6.04. The number of nitrogens with two attached hydrogens (primary N) is 1. The van der Waals surface area contributed by atoms with Gasteiger partial charge in [-0.25, -0.2) is 14.8 Å². The van der Waals surface area contributed by atoms with Crippen LogP contribution in [-0.2, 0) is 0 Å². The number of aryl methyl sites for hydroxylation is 1. The van der Waals surface area contributed by atoms with Crippen LogP contribution in [0.4, 0.5) is 5.69 Å². The van der Waals surface area contributed by atoms with Crippen molar-refractivity contribution in [2.45, 2.75) is 17.1 Å². The first-order valence-electron chi connectivity index (χ1n) is 4.62. The molecule has 0 amide bonds. The Morgan fingerprint density at radius 3 is 2.88 bits per heavy atom. The number of hydrogen-bond acceptors (Lipinski definition) is 6. The van der Waals surface area contributed by atoms with Gasteiger partial charge in [0, 0.05) is 6.20 Å². The number of aromatic carboxylic acids is 1. The van der Waals surface area contributed by atoms with Crippen LogP contribution in [0.3, 0.4) is 0 Å². The fourth-order valence-corrected chi connectivity index (χ4v) is 1.85. The zero-order valence-corrected chi connectivity index (χ0v) is 9.65. The van der Waals surface area contributed by atoms with E-state index < -0.39 is 5.97 Å². The molecule has 0 radical (unpaired) electrons. The Balaban J connectivity index is 2.25. The summed E-state index contributed by atoms with van der Waals surface area (Å²) in [6.07, 6.45) is 1.25. The van der Waals surface area contributed by atoms with Crippen molar-refractivity contribution in [3.63, 3.8) is 0 Å². The number of nitrogens with zero attached hydrogens (tertiary/aromatic N) is 3. The Labute approximate surface area is 100 Å². The number of aromatic nitrogens is 4.